The van der Waals surface area contributed by atoms with Crippen molar-refractivity contribution >= 4 is 23.1 Å². The minimum Gasteiger partial charge on any atom is -0.367 e. The van der Waals surface area contributed by atoms with E-state index >= 15 is 0 Å². The molecular weight excluding hydrogens is 196 g/mol. The zero-order chi connectivity index (χ0) is 10.8. The van der Waals surface area contributed by atoms with Gasteiger partial charge in [0.15, 0.2) is 0 Å². The highest BCUT2D eigenvalue weighted by Crippen LogP contribution is 2.16. The smallest absolute Gasteiger partial charge is 0.0458 e. The molecule has 0 aliphatic carbocycles. The van der Waals surface area contributed by atoms with Crippen LogP contribution in [-0.2, 0) is 0 Å². The van der Waals surface area contributed by atoms with Crippen LogP contribution in [0.25, 0.3) is 23.1 Å². The Kier molecular flexibility index (Phi) is 2.11. The van der Waals surface area contributed by atoms with Gasteiger partial charge in [-0.15, -0.1) is 0 Å². The molecule has 0 amide bonds. The van der Waals surface area contributed by atoms with Gasteiger partial charge in [-0.25, -0.2) is 0 Å². The van der Waals surface area contributed by atoms with Crippen molar-refractivity contribution in [1.29, 1.82) is 0 Å². The summed E-state index contributed by atoms with van der Waals surface area (Å²) in [4.78, 5) is 6.39. The molecule has 0 saturated carbocycles. The van der Waals surface area contributed by atoms with Crippen molar-refractivity contribution in [1.82, 2.24) is 9.97 Å². The van der Waals surface area contributed by atoms with E-state index in [1.165, 1.54) is 16.5 Å². The number of fused-ring (bicyclic) bond motifs is 1. The van der Waals surface area contributed by atoms with E-state index in [0.717, 1.165) is 5.69 Å². The van der Waals surface area contributed by atoms with Gasteiger partial charge in [-0.2, -0.15) is 0 Å². The van der Waals surface area contributed by atoms with E-state index in [4.69, 9.17) is 0 Å². The molecule has 2 N–H and O–H groups in total. The summed E-state index contributed by atoms with van der Waals surface area (Å²) < 4.78 is 0. The van der Waals surface area contributed by atoms with Crippen molar-refractivity contribution in [3.05, 3.63) is 60.0 Å². The van der Waals surface area contributed by atoms with E-state index in [9.17, 15) is 0 Å². The second-order valence-electron chi connectivity index (χ2n) is 3.79. The lowest BCUT2D eigenvalue weighted by molar-refractivity contribution is 1.41. The molecule has 0 aliphatic rings. The standard InChI is InChI=1S/C14H12N2/c1-2-4-14-12(3-1)9-13(16-14)6-5-11-7-8-15-10-11/h1-10,15-16H/b6-5+. The average Bonchev–Trinajstić information content (AvgIpc) is 2.95. The molecule has 0 atom stereocenters. The first-order valence-electron chi connectivity index (χ1n) is 5.30. The summed E-state index contributed by atoms with van der Waals surface area (Å²) in [5, 5.41) is 1.25. The lowest BCUT2D eigenvalue weighted by Gasteiger charge is -1.85. The summed E-state index contributed by atoms with van der Waals surface area (Å²) in [6.45, 7) is 0. The van der Waals surface area contributed by atoms with Crippen LogP contribution in [-0.4, -0.2) is 9.97 Å². The molecule has 2 heteroatoms. The molecule has 1 aromatic carbocycles. The van der Waals surface area contributed by atoms with Gasteiger partial charge in [0, 0.05) is 23.6 Å². The first-order chi connectivity index (χ1) is 7.92. The van der Waals surface area contributed by atoms with Gasteiger partial charge in [0.2, 0.25) is 0 Å². The third-order valence-corrected chi connectivity index (χ3v) is 2.63. The van der Waals surface area contributed by atoms with Crippen molar-refractivity contribution in [3.8, 4) is 0 Å². The Morgan fingerprint density at radius 1 is 1.00 bits per heavy atom. The van der Waals surface area contributed by atoms with Gasteiger partial charge in [-0.05, 0) is 35.2 Å². The molecule has 2 nitrogen and oxygen atoms in total. The molecular formula is C14H12N2. The highest BCUT2D eigenvalue weighted by Gasteiger charge is 1.95. The Morgan fingerprint density at radius 2 is 1.94 bits per heavy atom. The SMILES string of the molecule is C(=C\c1cc2ccccc2[nH]1)/c1cc[nH]c1. The first kappa shape index (κ1) is 9.04. The highest BCUT2D eigenvalue weighted by atomic mass is 14.7. The Hall–Kier alpha value is -2.22. The van der Waals surface area contributed by atoms with Gasteiger partial charge in [0.05, 0.1) is 0 Å². The summed E-state index contributed by atoms with van der Waals surface area (Å²) in [6.07, 6.45) is 8.06. The van der Waals surface area contributed by atoms with Crippen molar-refractivity contribution in [2.24, 2.45) is 0 Å². The topological polar surface area (TPSA) is 31.6 Å². The second kappa shape index (κ2) is 3.74. The van der Waals surface area contributed by atoms with E-state index < -0.39 is 0 Å². The van der Waals surface area contributed by atoms with E-state index in [2.05, 4.69) is 46.4 Å². The van der Waals surface area contributed by atoms with Gasteiger partial charge in [0.25, 0.3) is 0 Å². The number of hydrogen-bond acceptors (Lipinski definition) is 0. The fourth-order valence-corrected chi connectivity index (χ4v) is 1.81. The van der Waals surface area contributed by atoms with Crippen molar-refractivity contribution < 1.29 is 0 Å². The number of hydrogen-bond donors (Lipinski definition) is 2. The number of rotatable bonds is 2. The maximum absolute atomic E-state index is 3.36. The van der Waals surface area contributed by atoms with Crippen LogP contribution in [0.1, 0.15) is 11.3 Å². The molecule has 3 rings (SSSR count). The summed E-state index contributed by atoms with van der Waals surface area (Å²) in [5.74, 6) is 0. The summed E-state index contributed by atoms with van der Waals surface area (Å²) in [7, 11) is 0. The third kappa shape index (κ3) is 1.65. The molecule has 78 valence electrons. The molecule has 2 heterocycles. The zero-order valence-corrected chi connectivity index (χ0v) is 8.77. The fraction of sp³-hybridized carbons (Fsp3) is 0. The lowest BCUT2D eigenvalue weighted by Crippen LogP contribution is -1.68. The van der Waals surface area contributed by atoms with E-state index in [1.54, 1.807) is 0 Å². The van der Waals surface area contributed by atoms with Crippen molar-refractivity contribution in [2.45, 2.75) is 0 Å². The molecule has 2 aromatic heterocycles. The fourth-order valence-electron chi connectivity index (χ4n) is 1.81. The molecule has 0 spiro atoms. The average molecular weight is 208 g/mol. The quantitative estimate of drug-likeness (QED) is 0.644. The molecule has 16 heavy (non-hydrogen) atoms. The Balaban J connectivity index is 1.95. The predicted molar refractivity (Wildman–Crippen MR) is 68.0 cm³/mol. The van der Waals surface area contributed by atoms with Crippen LogP contribution in [0.4, 0.5) is 0 Å². The Morgan fingerprint density at radius 3 is 2.75 bits per heavy atom. The summed E-state index contributed by atoms with van der Waals surface area (Å²) in [5.41, 5.74) is 3.48. The Bertz CT molecular complexity index is 582. The molecule has 3 aromatic rings. The second-order valence-corrected chi connectivity index (χ2v) is 3.79. The molecule has 0 aliphatic heterocycles. The maximum atomic E-state index is 3.36. The Labute approximate surface area is 93.6 Å². The van der Waals surface area contributed by atoms with Crippen LogP contribution < -0.4 is 0 Å². The number of H-pyrrole nitrogens is 2. The van der Waals surface area contributed by atoms with Crippen LogP contribution >= 0.6 is 0 Å². The molecule has 0 fully saturated rings. The van der Waals surface area contributed by atoms with E-state index in [0.29, 0.717) is 0 Å². The number of aromatic nitrogens is 2. The summed E-state index contributed by atoms with van der Waals surface area (Å²) in [6, 6.07) is 12.5. The largest absolute Gasteiger partial charge is 0.367 e. The number of nitrogens with one attached hydrogen (secondary N) is 2. The van der Waals surface area contributed by atoms with Gasteiger partial charge < -0.3 is 9.97 Å². The van der Waals surface area contributed by atoms with Gasteiger partial charge in [-0.3, -0.25) is 0 Å². The molecule has 0 bridgehead atoms. The molecule has 0 saturated heterocycles. The van der Waals surface area contributed by atoms with Gasteiger partial charge >= 0.3 is 0 Å². The molecule has 0 radical (unpaired) electrons. The molecule has 0 unspecified atom stereocenters. The van der Waals surface area contributed by atoms with Crippen LogP contribution in [0.15, 0.2) is 48.8 Å². The first-order valence-corrected chi connectivity index (χ1v) is 5.30. The van der Waals surface area contributed by atoms with Crippen LogP contribution in [0.5, 0.6) is 0 Å². The van der Waals surface area contributed by atoms with E-state index in [-0.39, 0.29) is 0 Å². The van der Waals surface area contributed by atoms with Crippen LogP contribution in [0, 0.1) is 0 Å². The van der Waals surface area contributed by atoms with Crippen molar-refractivity contribution in [3.63, 3.8) is 0 Å². The minimum atomic E-state index is 1.13. The predicted octanol–water partition coefficient (Wildman–Crippen LogP) is 3.67. The maximum Gasteiger partial charge on any atom is 0.0458 e. The minimum absolute atomic E-state index is 1.13. The number of para-hydroxylation sites is 1. The monoisotopic (exact) mass is 208 g/mol. The third-order valence-electron chi connectivity index (χ3n) is 2.63. The zero-order valence-electron chi connectivity index (χ0n) is 8.77. The van der Waals surface area contributed by atoms with E-state index in [1.807, 2.05) is 24.5 Å². The lowest BCUT2D eigenvalue weighted by atomic mass is 10.2. The highest BCUT2D eigenvalue weighted by molar-refractivity contribution is 5.84. The van der Waals surface area contributed by atoms with Crippen molar-refractivity contribution in [2.75, 3.05) is 0 Å². The van der Waals surface area contributed by atoms with Crippen LogP contribution in [0.2, 0.25) is 0 Å². The normalized spacial score (nSPS) is 11.5. The summed E-state index contributed by atoms with van der Waals surface area (Å²) >= 11 is 0. The number of benzene rings is 1. The number of aromatic amines is 2. The van der Waals surface area contributed by atoms with Gasteiger partial charge in [0.1, 0.15) is 0 Å². The van der Waals surface area contributed by atoms with Gasteiger partial charge in [-0.1, -0.05) is 24.3 Å². The van der Waals surface area contributed by atoms with Crippen LogP contribution in [0.3, 0.4) is 0 Å².